The summed E-state index contributed by atoms with van der Waals surface area (Å²) in [4.78, 5) is 23.9. The first-order valence-corrected chi connectivity index (χ1v) is 6.63. The minimum absolute atomic E-state index is 0.0458. The Hall–Kier alpha value is -2.22. The van der Waals surface area contributed by atoms with E-state index in [1.807, 2.05) is 63.2 Å². The molecule has 0 radical (unpaired) electrons. The summed E-state index contributed by atoms with van der Waals surface area (Å²) in [6, 6.07) is 14.8. The minimum Gasteiger partial charge on any atom is -0.302 e. The number of carbonyl (C=O) groups excluding carboxylic acids is 2. The molecular formula is C18H18O2. The van der Waals surface area contributed by atoms with E-state index in [-0.39, 0.29) is 5.78 Å². The Bertz CT molecular complexity index is 637. The molecule has 20 heavy (non-hydrogen) atoms. The fourth-order valence-corrected chi connectivity index (χ4v) is 2.17. The SMILES string of the molecule is Cc1ccc(C(=O)c2ccccc2C(C)(C)C=O)cc1. The van der Waals surface area contributed by atoms with E-state index in [1.54, 1.807) is 6.07 Å². The Balaban J connectivity index is 2.50. The Morgan fingerprint density at radius 1 is 1.00 bits per heavy atom. The van der Waals surface area contributed by atoms with Crippen LogP contribution in [0.2, 0.25) is 0 Å². The first-order chi connectivity index (χ1) is 9.45. The molecule has 2 rings (SSSR count). The lowest BCUT2D eigenvalue weighted by atomic mass is 9.81. The van der Waals surface area contributed by atoms with Gasteiger partial charge in [-0.05, 0) is 26.3 Å². The van der Waals surface area contributed by atoms with Crippen LogP contribution in [0, 0.1) is 6.92 Å². The molecule has 0 spiro atoms. The highest BCUT2D eigenvalue weighted by Crippen LogP contribution is 2.26. The third-order valence-electron chi connectivity index (χ3n) is 3.47. The van der Waals surface area contributed by atoms with Crippen LogP contribution in [0.5, 0.6) is 0 Å². The van der Waals surface area contributed by atoms with Crippen LogP contribution in [0.15, 0.2) is 48.5 Å². The molecule has 2 heteroatoms. The van der Waals surface area contributed by atoms with Crippen molar-refractivity contribution >= 4 is 12.1 Å². The van der Waals surface area contributed by atoms with Crippen LogP contribution >= 0.6 is 0 Å². The molecule has 2 aromatic carbocycles. The lowest BCUT2D eigenvalue weighted by molar-refractivity contribution is -0.111. The predicted molar refractivity (Wildman–Crippen MR) is 80.1 cm³/mol. The Labute approximate surface area is 119 Å². The van der Waals surface area contributed by atoms with Gasteiger partial charge in [0.2, 0.25) is 0 Å². The van der Waals surface area contributed by atoms with Gasteiger partial charge in [-0.2, -0.15) is 0 Å². The minimum atomic E-state index is -0.670. The van der Waals surface area contributed by atoms with Gasteiger partial charge in [-0.1, -0.05) is 54.1 Å². The van der Waals surface area contributed by atoms with Crippen molar-refractivity contribution in [2.75, 3.05) is 0 Å². The molecular weight excluding hydrogens is 248 g/mol. The third-order valence-corrected chi connectivity index (χ3v) is 3.47. The molecule has 0 saturated heterocycles. The molecule has 0 bridgehead atoms. The largest absolute Gasteiger partial charge is 0.302 e. The topological polar surface area (TPSA) is 34.1 Å². The van der Waals surface area contributed by atoms with Crippen LogP contribution in [0.1, 0.15) is 40.9 Å². The van der Waals surface area contributed by atoms with E-state index in [1.165, 1.54) is 0 Å². The van der Waals surface area contributed by atoms with Crippen LogP contribution in [0.25, 0.3) is 0 Å². The summed E-state index contributed by atoms with van der Waals surface area (Å²) in [5.41, 5.74) is 2.44. The number of aldehydes is 1. The van der Waals surface area contributed by atoms with Crippen molar-refractivity contribution in [2.24, 2.45) is 0 Å². The smallest absolute Gasteiger partial charge is 0.193 e. The summed E-state index contributed by atoms with van der Waals surface area (Å²) < 4.78 is 0. The van der Waals surface area contributed by atoms with Crippen molar-refractivity contribution in [1.29, 1.82) is 0 Å². The normalized spacial score (nSPS) is 11.2. The number of rotatable bonds is 4. The first kappa shape index (κ1) is 14.2. The molecule has 2 nitrogen and oxygen atoms in total. The van der Waals surface area contributed by atoms with Crippen molar-refractivity contribution in [3.8, 4) is 0 Å². The lowest BCUT2D eigenvalue weighted by Gasteiger charge is -2.20. The van der Waals surface area contributed by atoms with Crippen molar-refractivity contribution in [1.82, 2.24) is 0 Å². The average Bonchev–Trinajstić information content (AvgIpc) is 2.47. The number of ketones is 1. The van der Waals surface area contributed by atoms with Gasteiger partial charge in [-0.25, -0.2) is 0 Å². The molecule has 0 amide bonds. The fraction of sp³-hybridized carbons (Fsp3) is 0.222. The highest BCUT2D eigenvalue weighted by Gasteiger charge is 2.25. The number of benzene rings is 2. The van der Waals surface area contributed by atoms with Gasteiger partial charge in [0.15, 0.2) is 5.78 Å². The highest BCUT2D eigenvalue weighted by molar-refractivity contribution is 6.10. The Morgan fingerprint density at radius 3 is 2.20 bits per heavy atom. The van der Waals surface area contributed by atoms with Crippen molar-refractivity contribution in [3.05, 3.63) is 70.8 Å². The van der Waals surface area contributed by atoms with Crippen LogP contribution < -0.4 is 0 Å². The molecule has 0 heterocycles. The van der Waals surface area contributed by atoms with Crippen molar-refractivity contribution in [3.63, 3.8) is 0 Å². The van der Waals surface area contributed by atoms with Crippen molar-refractivity contribution < 1.29 is 9.59 Å². The van der Waals surface area contributed by atoms with Gasteiger partial charge in [0, 0.05) is 16.5 Å². The third kappa shape index (κ3) is 2.69. The summed E-state index contributed by atoms with van der Waals surface area (Å²) in [7, 11) is 0. The number of hydrogen-bond acceptors (Lipinski definition) is 2. The zero-order chi connectivity index (χ0) is 14.8. The maximum Gasteiger partial charge on any atom is 0.193 e. The molecule has 0 N–H and O–H groups in total. The van der Waals surface area contributed by atoms with E-state index in [9.17, 15) is 9.59 Å². The van der Waals surface area contributed by atoms with Crippen LogP contribution in [0.4, 0.5) is 0 Å². The molecule has 0 aliphatic rings. The standard InChI is InChI=1S/C18H18O2/c1-13-8-10-14(11-9-13)17(20)15-6-4-5-7-16(15)18(2,3)12-19/h4-12H,1-3H3. The molecule has 2 aromatic rings. The van der Waals surface area contributed by atoms with Crippen LogP contribution in [-0.4, -0.2) is 12.1 Å². The van der Waals surface area contributed by atoms with Gasteiger partial charge >= 0.3 is 0 Å². The number of hydrogen-bond donors (Lipinski definition) is 0. The second kappa shape index (κ2) is 5.41. The average molecular weight is 266 g/mol. The van der Waals surface area contributed by atoms with Gasteiger partial charge in [0.25, 0.3) is 0 Å². The molecule has 0 saturated carbocycles. The van der Waals surface area contributed by atoms with Gasteiger partial charge in [0.1, 0.15) is 6.29 Å². The number of carbonyl (C=O) groups is 2. The van der Waals surface area contributed by atoms with Gasteiger partial charge in [-0.15, -0.1) is 0 Å². The maximum absolute atomic E-state index is 12.6. The van der Waals surface area contributed by atoms with Crippen LogP contribution in [-0.2, 0) is 10.2 Å². The Kier molecular flexibility index (Phi) is 3.84. The highest BCUT2D eigenvalue weighted by atomic mass is 16.1. The monoisotopic (exact) mass is 266 g/mol. The van der Waals surface area contributed by atoms with Crippen LogP contribution in [0.3, 0.4) is 0 Å². The summed E-state index contributed by atoms with van der Waals surface area (Å²) in [5, 5.41) is 0. The molecule has 0 atom stereocenters. The second-order valence-electron chi connectivity index (χ2n) is 5.58. The van der Waals surface area contributed by atoms with E-state index >= 15 is 0 Å². The lowest BCUT2D eigenvalue weighted by Crippen LogP contribution is -2.22. The first-order valence-electron chi connectivity index (χ1n) is 6.63. The zero-order valence-corrected chi connectivity index (χ0v) is 12.0. The summed E-state index contributed by atoms with van der Waals surface area (Å²) >= 11 is 0. The van der Waals surface area contributed by atoms with Gasteiger partial charge in [-0.3, -0.25) is 4.79 Å². The summed E-state index contributed by atoms with van der Waals surface area (Å²) in [5.74, 6) is -0.0458. The molecule has 102 valence electrons. The van der Waals surface area contributed by atoms with Gasteiger partial charge < -0.3 is 4.79 Å². The van der Waals surface area contributed by atoms with E-state index in [4.69, 9.17) is 0 Å². The summed E-state index contributed by atoms with van der Waals surface area (Å²) in [6.07, 6.45) is 0.883. The van der Waals surface area contributed by atoms with E-state index in [0.717, 1.165) is 17.4 Å². The zero-order valence-electron chi connectivity index (χ0n) is 12.0. The van der Waals surface area contributed by atoms with Crippen molar-refractivity contribution in [2.45, 2.75) is 26.2 Å². The van der Waals surface area contributed by atoms with Gasteiger partial charge in [0.05, 0.1) is 0 Å². The maximum atomic E-state index is 12.6. The number of aryl methyl sites for hydroxylation is 1. The molecule has 0 aromatic heterocycles. The van der Waals surface area contributed by atoms with E-state index in [2.05, 4.69) is 0 Å². The Morgan fingerprint density at radius 2 is 1.60 bits per heavy atom. The molecule has 0 unspecified atom stereocenters. The fourth-order valence-electron chi connectivity index (χ4n) is 2.17. The molecule has 0 fully saturated rings. The predicted octanol–water partition coefficient (Wildman–Crippen LogP) is 3.70. The summed E-state index contributed by atoms with van der Waals surface area (Å²) in [6.45, 7) is 5.63. The van der Waals surface area contributed by atoms with E-state index < -0.39 is 5.41 Å². The quantitative estimate of drug-likeness (QED) is 0.624. The second-order valence-corrected chi connectivity index (χ2v) is 5.58. The van der Waals surface area contributed by atoms with E-state index in [0.29, 0.717) is 11.1 Å². The molecule has 0 aliphatic heterocycles. The molecule has 0 aliphatic carbocycles.